The van der Waals surface area contributed by atoms with Crippen LogP contribution in [-0.4, -0.2) is 42.5 Å². The van der Waals surface area contributed by atoms with Crippen molar-refractivity contribution in [1.82, 2.24) is 4.90 Å². The number of ether oxygens (including phenoxy) is 1. The SMILES string of the molecule is CC(C)(C)OC(=O)N(CCC=O)CCCCN. The Hall–Kier alpha value is -1.10. The first-order chi connectivity index (χ1) is 7.90. The zero-order chi connectivity index (χ0) is 13.3. The highest BCUT2D eigenvalue weighted by atomic mass is 16.6. The van der Waals surface area contributed by atoms with Crippen molar-refractivity contribution in [3.05, 3.63) is 0 Å². The number of hydrogen-bond donors (Lipinski definition) is 1. The number of nitrogens with zero attached hydrogens (tertiary/aromatic N) is 1. The van der Waals surface area contributed by atoms with Crippen LogP contribution in [0.4, 0.5) is 4.79 Å². The molecule has 5 nitrogen and oxygen atoms in total. The lowest BCUT2D eigenvalue weighted by molar-refractivity contribution is -0.108. The van der Waals surface area contributed by atoms with Crippen LogP contribution in [0.5, 0.6) is 0 Å². The summed E-state index contributed by atoms with van der Waals surface area (Å²) in [6, 6.07) is 0. The first-order valence-corrected chi connectivity index (χ1v) is 6.02. The maximum absolute atomic E-state index is 11.8. The molecule has 100 valence electrons. The van der Waals surface area contributed by atoms with Crippen molar-refractivity contribution >= 4 is 12.4 Å². The second-order valence-electron chi connectivity index (χ2n) is 4.92. The van der Waals surface area contributed by atoms with Crippen LogP contribution in [0, 0.1) is 0 Å². The molecule has 0 aromatic rings. The van der Waals surface area contributed by atoms with E-state index in [0.717, 1.165) is 19.1 Å². The quantitative estimate of drug-likeness (QED) is 0.545. The molecule has 0 saturated carbocycles. The number of amides is 1. The van der Waals surface area contributed by atoms with Crippen molar-refractivity contribution < 1.29 is 14.3 Å². The lowest BCUT2D eigenvalue weighted by atomic mass is 10.2. The highest BCUT2D eigenvalue weighted by Gasteiger charge is 2.21. The molecule has 17 heavy (non-hydrogen) atoms. The second-order valence-corrected chi connectivity index (χ2v) is 4.92. The third-order valence-electron chi connectivity index (χ3n) is 2.05. The van der Waals surface area contributed by atoms with Crippen molar-refractivity contribution in [2.24, 2.45) is 5.73 Å². The number of hydrogen-bond acceptors (Lipinski definition) is 4. The van der Waals surface area contributed by atoms with Gasteiger partial charge in [0, 0.05) is 19.5 Å². The van der Waals surface area contributed by atoms with E-state index in [1.54, 1.807) is 4.90 Å². The van der Waals surface area contributed by atoms with E-state index < -0.39 is 5.60 Å². The summed E-state index contributed by atoms with van der Waals surface area (Å²) in [5.74, 6) is 0. The molecule has 2 N–H and O–H groups in total. The molecule has 0 aliphatic heterocycles. The zero-order valence-corrected chi connectivity index (χ0v) is 11.1. The predicted octanol–water partition coefficient (Wildman–Crippen LogP) is 1.55. The Kier molecular flexibility index (Phi) is 7.54. The third kappa shape index (κ3) is 8.68. The fourth-order valence-corrected chi connectivity index (χ4v) is 1.28. The average Bonchev–Trinajstić information content (AvgIpc) is 2.20. The van der Waals surface area contributed by atoms with E-state index in [9.17, 15) is 9.59 Å². The van der Waals surface area contributed by atoms with Gasteiger partial charge < -0.3 is 20.2 Å². The van der Waals surface area contributed by atoms with E-state index in [-0.39, 0.29) is 6.09 Å². The van der Waals surface area contributed by atoms with E-state index >= 15 is 0 Å². The molecule has 0 heterocycles. The minimum Gasteiger partial charge on any atom is -0.444 e. The van der Waals surface area contributed by atoms with E-state index in [1.807, 2.05) is 20.8 Å². The maximum Gasteiger partial charge on any atom is 0.410 e. The molecule has 0 unspecified atom stereocenters. The number of unbranched alkanes of at least 4 members (excludes halogenated alkanes) is 1. The van der Waals surface area contributed by atoms with Crippen LogP contribution in [0.2, 0.25) is 0 Å². The van der Waals surface area contributed by atoms with Crippen LogP contribution in [0.3, 0.4) is 0 Å². The van der Waals surface area contributed by atoms with Gasteiger partial charge >= 0.3 is 6.09 Å². The smallest absolute Gasteiger partial charge is 0.410 e. The Morgan fingerprint density at radius 1 is 1.29 bits per heavy atom. The molecule has 0 aliphatic carbocycles. The summed E-state index contributed by atoms with van der Waals surface area (Å²) in [7, 11) is 0. The second kappa shape index (κ2) is 8.06. The van der Waals surface area contributed by atoms with Crippen LogP contribution in [0.25, 0.3) is 0 Å². The van der Waals surface area contributed by atoms with Gasteiger partial charge in [0.05, 0.1) is 0 Å². The standard InChI is InChI=1S/C12H24N2O3/c1-12(2,3)17-11(16)14(9-6-10-15)8-5-4-7-13/h10H,4-9,13H2,1-3H3. The Bertz CT molecular complexity index is 236. The molecule has 0 spiro atoms. The van der Waals surface area contributed by atoms with Gasteiger partial charge in [0.1, 0.15) is 11.9 Å². The van der Waals surface area contributed by atoms with Gasteiger partial charge in [0.25, 0.3) is 0 Å². The molecule has 0 atom stereocenters. The summed E-state index contributed by atoms with van der Waals surface area (Å²) >= 11 is 0. The summed E-state index contributed by atoms with van der Waals surface area (Å²) in [4.78, 5) is 23.7. The van der Waals surface area contributed by atoms with E-state index in [0.29, 0.717) is 26.1 Å². The summed E-state index contributed by atoms with van der Waals surface area (Å²) in [6.45, 7) is 7.06. The molecule has 0 aromatic heterocycles. The van der Waals surface area contributed by atoms with Gasteiger partial charge in [-0.15, -0.1) is 0 Å². The average molecular weight is 244 g/mol. The predicted molar refractivity (Wildman–Crippen MR) is 66.8 cm³/mol. The molecular formula is C12H24N2O3. The Balaban J connectivity index is 4.23. The highest BCUT2D eigenvalue weighted by molar-refractivity contribution is 5.68. The molecule has 0 radical (unpaired) electrons. The van der Waals surface area contributed by atoms with Gasteiger partial charge in [0.2, 0.25) is 0 Å². The van der Waals surface area contributed by atoms with Gasteiger partial charge in [-0.25, -0.2) is 4.79 Å². The van der Waals surface area contributed by atoms with E-state index in [1.165, 1.54) is 0 Å². The Morgan fingerprint density at radius 2 is 1.94 bits per heavy atom. The van der Waals surface area contributed by atoms with Crippen molar-refractivity contribution in [1.29, 1.82) is 0 Å². The van der Waals surface area contributed by atoms with Crippen molar-refractivity contribution in [2.45, 2.75) is 45.6 Å². The Morgan fingerprint density at radius 3 is 2.41 bits per heavy atom. The van der Waals surface area contributed by atoms with E-state index in [4.69, 9.17) is 10.5 Å². The van der Waals surface area contributed by atoms with Gasteiger partial charge in [-0.3, -0.25) is 0 Å². The minimum absolute atomic E-state index is 0.335. The first-order valence-electron chi connectivity index (χ1n) is 6.02. The molecule has 0 aromatic carbocycles. The number of carbonyl (C=O) groups is 2. The van der Waals surface area contributed by atoms with Crippen LogP contribution in [0.15, 0.2) is 0 Å². The fraction of sp³-hybridized carbons (Fsp3) is 0.833. The Labute approximate surface area is 103 Å². The highest BCUT2D eigenvalue weighted by Crippen LogP contribution is 2.10. The molecule has 5 heteroatoms. The lowest BCUT2D eigenvalue weighted by Gasteiger charge is -2.27. The first kappa shape index (κ1) is 15.9. The molecule has 0 bridgehead atoms. The minimum atomic E-state index is -0.510. The summed E-state index contributed by atoms with van der Waals surface area (Å²) < 4.78 is 5.27. The lowest BCUT2D eigenvalue weighted by Crippen LogP contribution is -2.38. The molecule has 1 amide bonds. The molecule has 0 rings (SSSR count). The fourth-order valence-electron chi connectivity index (χ4n) is 1.28. The topological polar surface area (TPSA) is 72.6 Å². The molecular weight excluding hydrogens is 220 g/mol. The van der Waals surface area contributed by atoms with Gasteiger partial charge in [-0.2, -0.15) is 0 Å². The van der Waals surface area contributed by atoms with Crippen LogP contribution >= 0.6 is 0 Å². The van der Waals surface area contributed by atoms with Gasteiger partial charge in [0.15, 0.2) is 0 Å². The monoisotopic (exact) mass is 244 g/mol. The normalized spacial score (nSPS) is 11.1. The number of aldehydes is 1. The number of carbonyl (C=O) groups excluding carboxylic acids is 2. The molecule has 0 fully saturated rings. The number of rotatable bonds is 7. The van der Waals surface area contributed by atoms with Crippen molar-refractivity contribution in [3.63, 3.8) is 0 Å². The zero-order valence-electron chi connectivity index (χ0n) is 11.1. The van der Waals surface area contributed by atoms with Crippen LogP contribution < -0.4 is 5.73 Å². The van der Waals surface area contributed by atoms with Crippen molar-refractivity contribution in [3.8, 4) is 0 Å². The van der Waals surface area contributed by atoms with Crippen LogP contribution in [-0.2, 0) is 9.53 Å². The largest absolute Gasteiger partial charge is 0.444 e. The summed E-state index contributed by atoms with van der Waals surface area (Å²) in [5.41, 5.74) is 4.89. The van der Waals surface area contributed by atoms with Crippen LogP contribution in [0.1, 0.15) is 40.0 Å². The number of nitrogens with two attached hydrogens (primary N) is 1. The van der Waals surface area contributed by atoms with Crippen molar-refractivity contribution in [2.75, 3.05) is 19.6 Å². The molecule has 0 saturated heterocycles. The molecule has 0 aliphatic rings. The summed E-state index contributed by atoms with van der Waals surface area (Å²) in [5, 5.41) is 0. The maximum atomic E-state index is 11.8. The third-order valence-corrected chi connectivity index (χ3v) is 2.05. The van der Waals surface area contributed by atoms with Gasteiger partial charge in [-0.05, 0) is 40.2 Å². The summed E-state index contributed by atoms with van der Waals surface area (Å²) in [6.07, 6.45) is 2.47. The van der Waals surface area contributed by atoms with Gasteiger partial charge in [-0.1, -0.05) is 0 Å². The van der Waals surface area contributed by atoms with E-state index in [2.05, 4.69) is 0 Å².